The van der Waals surface area contributed by atoms with E-state index in [2.05, 4.69) is 33.1 Å². The number of fused-ring (bicyclic) bond motifs is 1. The molecule has 2 N–H and O–H groups in total. The molecule has 0 bridgehead atoms. The number of benzene rings is 2. The molecule has 30 heavy (non-hydrogen) atoms. The summed E-state index contributed by atoms with van der Waals surface area (Å²) >= 11 is 6.30. The molecule has 0 aliphatic heterocycles. The Hall–Kier alpha value is -3.31. The first-order valence-electron chi connectivity index (χ1n) is 9.60. The highest BCUT2D eigenvalue weighted by atomic mass is 35.5. The summed E-state index contributed by atoms with van der Waals surface area (Å²) in [5, 5.41) is 1.62. The van der Waals surface area contributed by atoms with Gasteiger partial charge in [0.15, 0.2) is 0 Å². The second-order valence-electron chi connectivity index (χ2n) is 7.34. The lowest BCUT2D eigenvalue weighted by atomic mass is 10.0. The molecule has 152 valence electrons. The van der Waals surface area contributed by atoms with E-state index in [0.717, 1.165) is 45.7 Å². The van der Waals surface area contributed by atoms with Gasteiger partial charge in [0, 0.05) is 53.7 Å². The number of aromatic nitrogens is 2. The topological polar surface area (TPSA) is 64.3 Å². The van der Waals surface area contributed by atoms with Crippen LogP contribution in [0, 0.1) is 6.92 Å². The fourth-order valence-electron chi connectivity index (χ4n) is 3.45. The van der Waals surface area contributed by atoms with Crippen molar-refractivity contribution in [3.8, 4) is 16.9 Å². The van der Waals surface area contributed by atoms with Crippen LogP contribution in [0.4, 0.5) is 11.5 Å². The molecular weight excluding hydrogens is 396 g/mol. The summed E-state index contributed by atoms with van der Waals surface area (Å²) in [6, 6.07) is 15.8. The van der Waals surface area contributed by atoms with Gasteiger partial charge in [0.05, 0.1) is 12.6 Å². The number of anilines is 2. The lowest BCUT2D eigenvalue weighted by Gasteiger charge is -2.19. The van der Waals surface area contributed by atoms with Gasteiger partial charge in [-0.3, -0.25) is 4.98 Å². The van der Waals surface area contributed by atoms with E-state index < -0.39 is 0 Å². The summed E-state index contributed by atoms with van der Waals surface area (Å²) in [6.07, 6.45) is 3.71. The minimum atomic E-state index is 0.634. The quantitative estimate of drug-likeness (QED) is 0.434. The van der Waals surface area contributed by atoms with Crippen LogP contribution in [0.15, 0.2) is 60.9 Å². The van der Waals surface area contributed by atoms with Gasteiger partial charge < -0.3 is 15.4 Å². The third-order valence-corrected chi connectivity index (χ3v) is 5.59. The number of methoxy groups -OCH3 is 1. The maximum atomic E-state index is 6.30. The zero-order valence-electron chi connectivity index (χ0n) is 17.2. The average Bonchev–Trinajstić information content (AvgIpc) is 2.76. The van der Waals surface area contributed by atoms with Crippen molar-refractivity contribution in [2.24, 2.45) is 0 Å². The molecule has 4 rings (SSSR count). The van der Waals surface area contributed by atoms with E-state index in [0.29, 0.717) is 10.7 Å². The van der Waals surface area contributed by atoms with Crippen molar-refractivity contribution in [3.05, 3.63) is 77.1 Å². The Bertz CT molecular complexity index is 1210. The second kappa shape index (κ2) is 8.20. The zero-order chi connectivity index (χ0) is 21.3. The number of hydrogen-bond acceptors (Lipinski definition) is 5. The van der Waals surface area contributed by atoms with Gasteiger partial charge in [0.25, 0.3) is 0 Å². The van der Waals surface area contributed by atoms with Gasteiger partial charge in [-0.15, -0.1) is 0 Å². The Labute approximate surface area is 181 Å². The van der Waals surface area contributed by atoms with Gasteiger partial charge >= 0.3 is 0 Å². The molecule has 5 nitrogen and oxygen atoms in total. The van der Waals surface area contributed by atoms with Crippen molar-refractivity contribution >= 4 is 34.0 Å². The maximum Gasteiger partial charge on any atom is 0.130 e. The van der Waals surface area contributed by atoms with Crippen LogP contribution in [0.3, 0.4) is 0 Å². The predicted molar refractivity (Wildman–Crippen MR) is 124 cm³/mol. The number of hydrogen-bond donors (Lipinski definition) is 1. The highest BCUT2D eigenvalue weighted by Gasteiger charge is 2.10. The number of nitrogens with zero attached hydrogens (tertiary/aromatic N) is 3. The summed E-state index contributed by atoms with van der Waals surface area (Å²) < 4.78 is 5.22. The number of pyridine rings is 2. The van der Waals surface area contributed by atoms with Crippen LogP contribution in [0.25, 0.3) is 22.0 Å². The van der Waals surface area contributed by atoms with Crippen molar-refractivity contribution in [1.82, 2.24) is 9.97 Å². The molecule has 4 aromatic rings. The van der Waals surface area contributed by atoms with E-state index in [9.17, 15) is 0 Å². The molecule has 0 fully saturated rings. The predicted octanol–water partition coefficient (Wildman–Crippen LogP) is 5.49. The maximum absolute atomic E-state index is 6.30. The summed E-state index contributed by atoms with van der Waals surface area (Å²) in [5.41, 5.74) is 11.6. The standard InChI is InChI=1S/C24H23ClN4O/c1-15-21(9-19(26)10-22(15)25)17-8-18-13-28-24(11-23(18)27-12-17)29(2)14-16-4-6-20(30-3)7-5-16/h4-13H,14,26H2,1-3H3. The van der Waals surface area contributed by atoms with Gasteiger partial charge in [0.2, 0.25) is 0 Å². The normalized spacial score (nSPS) is 10.9. The van der Waals surface area contributed by atoms with E-state index in [1.54, 1.807) is 13.2 Å². The Morgan fingerprint density at radius 1 is 1.03 bits per heavy atom. The van der Waals surface area contributed by atoms with E-state index in [1.165, 1.54) is 5.56 Å². The van der Waals surface area contributed by atoms with Gasteiger partial charge in [0.1, 0.15) is 11.6 Å². The highest BCUT2D eigenvalue weighted by Crippen LogP contribution is 2.32. The first-order valence-corrected chi connectivity index (χ1v) is 9.98. The molecule has 0 aliphatic rings. The molecular formula is C24H23ClN4O. The molecule has 0 unspecified atom stereocenters. The summed E-state index contributed by atoms with van der Waals surface area (Å²) in [4.78, 5) is 11.4. The number of halogens is 1. The lowest BCUT2D eigenvalue weighted by Crippen LogP contribution is -2.17. The molecule has 0 saturated heterocycles. The largest absolute Gasteiger partial charge is 0.497 e. The second-order valence-corrected chi connectivity index (χ2v) is 7.75. The van der Waals surface area contributed by atoms with Gasteiger partial charge in [-0.2, -0.15) is 0 Å². The molecule has 2 heterocycles. The molecule has 0 aliphatic carbocycles. The third-order valence-electron chi connectivity index (χ3n) is 5.20. The van der Waals surface area contributed by atoms with Crippen molar-refractivity contribution in [2.45, 2.75) is 13.5 Å². The number of rotatable bonds is 5. The van der Waals surface area contributed by atoms with Crippen molar-refractivity contribution < 1.29 is 4.74 Å². The molecule has 6 heteroatoms. The van der Waals surface area contributed by atoms with Crippen LogP contribution < -0.4 is 15.4 Å². The summed E-state index contributed by atoms with van der Waals surface area (Å²) in [6.45, 7) is 2.72. The van der Waals surface area contributed by atoms with Gasteiger partial charge in [-0.1, -0.05) is 23.7 Å². The first kappa shape index (κ1) is 20.0. The summed E-state index contributed by atoms with van der Waals surface area (Å²) in [5.74, 6) is 1.71. The lowest BCUT2D eigenvalue weighted by molar-refractivity contribution is 0.414. The molecule has 0 atom stereocenters. The smallest absolute Gasteiger partial charge is 0.130 e. The number of nitrogen functional groups attached to an aromatic ring is 1. The van der Waals surface area contributed by atoms with Crippen molar-refractivity contribution in [3.63, 3.8) is 0 Å². The molecule has 0 spiro atoms. The first-order chi connectivity index (χ1) is 14.4. The average molecular weight is 419 g/mol. The monoisotopic (exact) mass is 418 g/mol. The zero-order valence-corrected chi connectivity index (χ0v) is 17.9. The van der Waals surface area contributed by atoms with Gasteiger partial charge in [-0.25, -0.2) is 4.98 Å². The SMILES string of the molecule is COc1ccc(CN(C)c2cc3ncc(-c4cc(N)cc(Cl)c4C)cc3cn2)cc1. The van der Waals surface area contributed by atoms with E-state index in [-0.39, 0.29) is 0 Å². The molecule has 0 saturated carbocycles. The molecule has 2 aromatic carbocycles. The van der Waals surface area contributed by atoms with Crippen LogP contribution in [-0.4, -0.2) is 24.1 Å². The van der Waals surface area contributed by atoms with Gasteiger partial charge in [-0.05, 0) is 53.9 Å². The molecule has 0 radical (unpaired) electrons. The Balaban J connectivity index is 1.61. The Morgan fingerprint density at radius 2 is 1.80 bits per heavy atom. The van der Waals surface area contributed by atoms with Crippen LogP contribution >= 0.6 is 11.6 Å². The molecule has 0 amide bonds. The molecule has 2 aromatic heterocycles. The highest BCUT2D eigenvalue weighted by molar-refractivity contribution is 6.32. The minimum Gasteiger partial charge on any atom is -0.497 e. The summed E-state index contributed by atoms with van der Waals surface area (Å²) in [7, 11) is 3.69. The van der Waals surface area contributed by atoms with E-state index >= 15 is 0 Å². The Morgan fingerprint density at radius 3 is 2.53 bits per heavy atom. The fraction of sp³-hybridized carbons (Fsp3) is 0.167. The van der Waals surface area contributed by atoms with Crippen LogP contribution in [0.5, 0.6) is 5.75 Å². The van der Waals surface area contributed by atoms with Crippen molar-refractivity contribution in [2.75, 3.05) is 24.8 Å². The third kappa shape index (κ3) is 4.02. The fourth-order valence-corrected chi connectivity index (χ4v) is 3.68. The van der Waals surface area contributed by atoms with Crippen LogP contribution in [0.1, 0.15) is 11.1 Å². The van der Waals surface area contributed by atoms with Crippen molar-refractivity contribution in [1.29, 1.82) is 0 Å². The van der Waals surface area contributed by atoms with Crippen LogP contribution in [-0.2, 0) is 6.54 Å². The Kier molecular flexibility index (Phi) is 5.46. The minimum absolute atomic E-state index is 0.634. The van der Waals surface area contributed by atoms with E-state index in [4.69, 9.17) is 22.1 Å². The number of ether oxygens (including phenoxy) is 1. The van der Waals surface area contributed by atoms with Crippen LogP contribution in [0.2, 0.25) is 5.02 Å². The number of nitrogens with two attached hydrogens (primary N) is 1. The van der Waals surface area contributed by atoms with E-state index in [1.807, 2.05) is 50.6 Å².